The van der Waals surface area contributed by atoms with E-state index in [2.05, 4.69) is 47.1 Å². The van der Waals surface area contributed by atoms with Crippen LogP contribution in [-0.4, -0.2) is 6.04 Å². The minimum absolute atomic E-state index is 0.652. The zero-order valence-corrected chi connectivity index (χ0v) is 9.96. The molecule has 1 nitrogen and oxygen atoms in total. The van der Waals surface area contributed by atoms with Gasteiger partial charge in [0.1, 0.15) is 0 Å². The van der Waals surface area contributed by atoms with Gasteiger partial charge in [0.25, 0.3) is 0 Å². The molecule has 16 heavy (non-hydrogen) atoms. The highest BCUT2D eigenvalue weighted by Crippen LogP contribution is 2.25. The molecular weight excluding hydrogens is 214 g/mol. The van der Waals surface area contributed by atoms with Crippen molar-refractivity contribution in [3.8, 4) is 0 Å². The van der Waals surface area contributed by atoms with E-state index >= 15 is 0 Å². The second-order valence-corrected chi connectivity index (χ2v) is 5.19. The molecule has 1 aliphatic rings. The molecule has 1 aliphatic carbocycles. The Hall–Kier alpha value is -1.12. The number of fused-ring (bicyclic) bond motifs is 1. The molecule has 0 radical (unpaired) electrons. The van der Waals surface area contributed by atoms with E-state index in [1.165, 1.54) is 28.5 Å². The predicted octanol–water partition coefficient (Wildman–Crippen LogP) is 3.71. The zero-order chi connectivity index (χ0) is 10.8. The minimum atomic E-state index is 0.652. The summed E-state index contributed by atoms with van der Waals surface area (Å²) in [5.74, 6) is 0. The summed E-state index contributed by atoms with van der Waals surface area (Å²) in [7, 11) is 0. The highest BCUT2D eigenvalue weighted by molar-refractivity contribution is 7.17. The predicted molar refractivity (Wildman–Crippen MR) is 70.8 cm³/mol. The first kappa shape index (κ1) is 10.1. The van der Waals surface area contributed by atoms with E-state index in [1.54, 1.807) is 0 Å². The van der Waals surface area contributed by atoms with Crippen LogP contribution < -0.4 is 5.32 Å². The molecule has 0 saturated heterocycles. The molecule has 0 fully saturated rings. The third-order valence-electron chi connectivity index (χ3n) is 3.15. The number of hydrogen-bond donors (Lipinski definition) is 1. The smallest absolute Gasteiger partial charge is 0.0346 e. The van der Waals surface area contributed by atoms with Crippen LogP contribution in [0.15, 0.2) is 41.8 Å². The maximum atomic E-state index is 3.62. The topological polar surface area (TPSA) is 12.0 Å². The average molecular weight is 229 g/mol. The molecule has 2 aromatic rings. The lowest BCUT2D eigenvalue weighted by molar-refractivity contribution is 0.540. The van der Waals surface area contributed by atoms with Gasteiger partial charge in [-0.3, -0.25) is 0 Å². The number of benzene rings is 1. The van der Waals surface area contributed by atoms with Crippen LogP contribution in [0, 0.1) is 0 Å². The summed E-state index contributed by atoms with van der Waals surface area (Å²) >= 11 is 1.84. The van der Waals surface area contributed by atoms with E-state index in [0.29, 0.717) is 6.04 Å². The minimum Gasteiger partial charge on any atom is -0.309 e. The van der Waals surface area contributed by atoms with Crippen molar-refractivity contribution in [3.63, 3.8) is 0 Å². The maximum Gasteiger partial charge on any atom is 0.0346 e. The van der Waals surface area contributed by atoms with Crippen LogP contribution in [0.2, 0.25) is 0 Å². The molecule has 0 unspecified atom stereocenters. The van der Waals surface area contributed by atoms with Gasteiger partial charge in [-0.15, -0.1) is 11.3 Å². The molecule has 0 amide bonds. The zero-order valence-electron chi connectivity index (χ0n) is 9.15. The Balaban J connectivity index is 1.74. The van der Waals surface area contributed by atoms with Crippen molar-refractivity contribution >= 4 is 21.4 Å². The number of hydrogen-bond acceptors (Lipinski definition) is 2. The van der Waals surface area contributed by atoms with Crippen LogP contribution in [-0.2, 0) is 6.54 Å². The van der Waals surface area contributed by atoms with Crippen molar-refractivity contribution in [2.45, 2.75) is 25.4 Å². The van der Waals surface area contributed by atoms with Crippen LogP contribution in [0.5, 0.6) is 0 Å². The van der Waals surface area contributed by atoms with Crippen LogP contribution >= 0.6 is 11.3 Å². The standard InChI is InChI=1S/C14H15NS/c1-2-6-12(5-1)15-9-11-10-16-14-8-4-3-7-13(11)14/h1-4,7-8,10,12,15H,5-6,9H2. The first-order valence-corrected chi connectivity index (χ1v) is 6.65. The molecule has 1 N–H and O–H groups in total. The van der Waals surface area contributed by atoms with Crippen LogP contribution in [0.4, 0.5) is 0 Å². The molecule has 82 valence electrons. The SMILES string of the molecule is C1=CCC(NCc2csc3ccccc23)C1. The molecule has 2 heteroatoms. The lowest BCUT2D eigenvalue weighted by Crippen LogP contribution is -2.25. The van der Waals surface area contributed by atoms with Crippen molar-refractivity contribution in [1.29, 1.82) is 0 Å². The van der Waals surface area contributed by atoms with Gasteiger partial charge in [-0.05, 0) is 35.2 Å². The monoisotopic (exact) mass is 229 g/mol. The highest BCUT2D eigenvalue weighted by atomic mass is 32.1. The van der Waals surface area contributed by atoms with Crippen LogP contribution in [0.1, 0.15) is 18.4 Å². The summed E-state index contributed by atoms with van der Waals surface area (Å²) in [5, 5.41) is 7.31. The molecule has 0 bridgehead atoms. The Morgan fingerprint density at radius 1 is 1.19 bits per heavy atom. The van der Waals surface area contributed by atoms with Gasteiger partial charge in [-0.25, -0.2) is 0 Å². The Morgan fingerprint density at radius 2 is 2.00 bits per heavy atom. The average Bonchev–Trinajstić information content (AvgIpc) is 2.96. The molecular formula is C14H15NS. The van der Waals surface area contributed by atoms with E-state index < -0.39 is 0 Å². The van der Waals surface area contributed by atoms with Crippen molar-refractivity contribution in [1.82, 2.24) is 5.32 Å². The quantitative estimate of drug-likeness (QED) is 0.791. The van der Waals surface area contributed by atoms with Crippen LogP contribution in [0.25, 0.3) is 10.1 Å². The summed E-state index contributed by atoms with van der Waals surface area (Å²) in [4.78, 5) is 0. The molecule has 0 aliphatic heterocycles. The van der Waals surface area contributed by atoms with Gasteiger partial charge in [0.2, 0.25) is 0 Å². The second-order valence-electron chi connectivity index (χ2n) is 4.28. The first-order chi connectivity index (χ1) is 7.93. The molecule has 0 spiro atoms. The largest absolute Gasteiger partial charge is 0.309 e. The number of thiophene rings is 1. The van der Waals surface area contributed by atoms with Crippen molar-refractivity contribution in [2.24, 2.45) is 0 Å². The van der Waals surface area contributed by atoms with E-state index in [0.717, 1.165) is 6.54 Å². The summed E-state index contributed by atoms with van der Waals surface area (Å²) in [6, 6.07) is 9.29. The summed E-state index contributed by atoms with van der Waals surface area (Å²) < 4.78 is 1.39. The maximum absolute atomic E-state index is 3.62. The van der Waals surface area contributed by atoms with Gasteiger partial charge >= 0.3 is 0 Å². The first-order valence-electron chi connectivity index (χ1n) is 5.77. The third-order valence-corrected chi connectivity index (χ3v) is 4.16. The fourth-order valence-corrected chi connectivity index (χ4v) is 3.17. The van der Waals surface area contributed by atoms with Crippen LogP contribution in [0.3, 0.4) is 0 Å². The van der Waals surface area contributed by atoms with Gasteiger partial charge in [-0.2, -0.15) is 0 Å². The molecule has 0 saturated carbocycles. The van der Waals surface area contributed by atoms with Gasteiger partial charge in [0.15, 0.2) is 0 Å². The molecule has 1 heterocycles. The van der Waals surface area contributed by atoms with E-state index in [9.17, 15) is 0 Å². The normalized spacial score (nSPS) is 16.2. The molecule has 1 aromatic carbocycles. The molecule has 3 rings (SSSR count). The van der Waals surface area contributed by atoms with Crippen molar-refractivity contribution in [2.75, 3.05) is 0 Å². The van der Waals surface area contributed by atoms with Crippen molar-refractivity contribution < 1.29 is 0 Å². The van der Waals surface area contributed by atoms with Gasteiger partial charge in [-0.1, -0.05) is 30.4 Å². The Bertz CT molecular complexity index is 504. The van der Waals surface area contributed by atoms with E-state index in [-0.39, 0.29) is 0 Å². The Morgan fingerprint density at radius 3 is 2.88 bits per heavy atom. The van der Waals surface area contributed by atoms with E-state index in [1.807, 2.05) is 11.3 Å². The number of nitrogens with one attached hydrogen (secondary N) is 1. The second kappa shape index (κ2) is 4.40. The molecule has 1 aromatic heterocycles. The highest BCUT2D eigenvalue weighted by Gasteiger charge is 2.10. The van der Waals surface area contributed by atoms with Gasteiger partial charge in [0, 0.05) is 17.3 Å². The lowest BCUT2D eigenvalue weighted by Gasteiger charge is -2.11. The third kappa shape index (κ3) is 1.91. The Kier molecular flexibility index (Phi) is 2.77. The van der Waals surface area contributed by atoms with E-state index in [4.69, 9.17) is 0 Å². The van der Waals surface area contributed by atoms with Gasteiger partial charge in [0.05, 0.1) is 0 Å². The Labute approximate surface area is 99.8 Å². The number of rotatable bonds is 3. The summed E-state index contributed by atoms with van der Waals surface area (Å²) in [5.41, 5.74) is 1.44. The fourth-order valence-electron chi connectivity index (χ4n) is 2.21. The van der Waals surface area contributed by atoms with Gasteiger partial charge < -0.3 is 5.32 Å². The summed E-state index contributed by atoms with van der Waals surface area (Å²) in [6.45, 7) is 0.996. The van der Waals surface area contributed by atoms with Crippen molar-refractivity contribution in [3.05, 3.63) is 47.4 Å². The lowest BCUT2D eigenvalue weighted by atomic mass is 10.1. The fraction of sp³-hybridized carbons (Fsp3) is 0.286. The molecule has 0 atom stereocenters. The summed E-state index contributed by atoms with van der Waals surface area (Å²) in [6.07, 6.45) is 6.90.